The number of nitrogens with one attached hydrogen (secondary N) is 1. The lowest BCUT2D eigenvalue weighted by Crippen LogP contribution is -2.34. The van der Waals surface area contributed by atoms with Crippen LogP contribution in [0, 0.1) is 6.92 Å². The van der Waals surface area contributed by atoms with Gasteiger partial charge in [0.15, 0.2) is 5.82 Å². The summed E-state index contributed by atoms with van der Waals surface area (Å²) in [5.74, 6) is 0.822. The van der Waals surface area contributed by atoms with Crippen molar-refractivity contribution >= 4 is 17.5 Å². The second-order valence-corrected chi connectivity index (χ2v) is 6.16. The Morgan fingerprint density at radius 3 is 2.64 bits per heavy atom. The summed E-state index contributed by atoms with van der Waals surface area (Å²) in [4.78, 5) is 21.0. The van der Waals surface area contributed by atoms with Gasteiger partial charge in [-0.2, -0.15) is 4.98 Å². The molecule has 25 heavy (non-hydrogen) atoms. The molecule has 1 aromatic carbocycles. The number of hydrogen-bond donors (Lipinski definition) is 1. The minimum Gasteiger partial charge on any atom is -0.348 e. The van der Waals surface area contributed by atoms with Gasteiger partial charge in [0.1, 0.15) is 5.69 Å². The van der Waals surface area contributed by atoms with Gasteiger partial charge in [-0.3, -0.25) is 4.79 Å². The molecule has 3 aromatic rings. The first-order valence-electron chi connectivity index (χ1n) is 7.84. The average Bonchev–Trinajstić information content (AvgIpc) is 3.00. The molecule has 3 rings (SSSR count). The number of carbonyl (C=O) groups is 1. The average molecular weight is 357 g/mol. The molecule has 0 aliphatic rings. The van der Waals surface area contributed by atoms with Crippen molar-refractivity contribution in [2.24, 2.45) is 0 Å². The number of carbonyl (C=O) groups excluding carboxylic acids is 1. The fourth-order valence-corrected chi connectivity index (χ4v) is 2.52. The van der Waals surface area contributed by atoms with Gasteiger partial charge in [-0.25, -0.2) is 4.98 Å². The SMILES string of the molecule is Cc1nc(CC(C)NC(=O)c2cccc(-c3ccc(Cl)cc3)n2)no1. The Labute approximate surface area is 150 Å². The minimum atomic E-state index is -0.247. The molecule has 0 aliphatic heterocycles. The van der Waals surface area contributed by atoms with Crippen molar-refractivity contribution < 1.29 is 9.32 Å². The lowest BCUT2D eigenvalue weighted by molar-refractivity contribution is 0.0934. The fraction of sp³-hybridized carbons (Fsp3) is 0.222. The highest BCUT2D eigenvalue weighted by Crippen LogP contribution is 2.19. The van der Waals surface area contributed by atoms with E-state index in [0.29, 0.717) is 34.5 Å². The number of halogens is 1. The van der Waals surface area contributed by atoms with Crippen LogP contribution in [0.1, 0.15) is 29.1 Å². The zero-order valence-corrected chi connectivity index (χ0v) is 14.6. The number of aromatic nitrogens is 3. The Morgan fingerprint density at radius 2 is 1.96 bits per heavy atom. The van der Waals surface area contributed by atoms with E-state index in [4.69, 9.17) is 16.1 Å². The maximum atomic E-state index is 12.4. The summed E-state index contributed by atoms with van der Waals surface area (Å²) < 4.78 is 4.93. The number of nitrogens with zero attached hydrogens (tertiary/aromatic N) is 3. The van der Waals surface area contributed by atoms with Crippen LogP contribution in [0.4, 0.5) is 0 Å². The van der Waals surface area contributed by atoms with Gasteiger partial charge in [0.2, 0.25) is 5.89 Å². The lowest BCUT2D eigenvalue weighted by atomic mass is 10.1. The monoisotopic (exact) mass is 356 g/mol. The zero-order valence-electron chi connectivity index (χ0n) is 13.9. The molecule has 0 bridgehead atoms. The summed E-state index contributed by atoms with van der Waals surface area (Å²) in [5, 5.41) is 7.39. The highest BCUT2D eigenvalue weighted by Gasteiger charge is 2.14. The smallest absolute Gasteiger partial charge is 0.270 e. The van der Waals surface area contributed by atoms with E-state index in [1.54, 1.807) is 31.2 Å². The molecule has 6 nitrogen and oxygen atoms in total. The molecule has 1 N–H and O–H groups in total. The Balaban J connectivity index is 1.69. The number of hydrogen-bond acceptors (Lipinski definition) is 5. The van der Waals surface area contributed by atoms with Crippen LogP contribution in [0.5, 0.6) is 0 Å². The van der Waals surface area contributed by atoms with Crippen LogP contribution >= 0.6 is 11.6 Å². The van der Waals surface area contributed by atoms with Gasteiger partial charge in [-0.05, 0) is 31.2 Å². The molecule has 0 fully saturated rings. The van der Waals surface area contributed by atoms with Gasteiger partial charge in [0, 0.05) is 30.0 Å². The van der Waals surface area contributed by atoms with Crippen LogP contribution in [0.15, 0.2) is 47.0 Å². The van der Waals surface area contributed by atoms with Crippen LogP contribution in [0.3, 0.4) is 0 Å². The summed E-state index contributed by atoms with van der Waals surface area (Å²) in [5.41, 5.74) is 1.96. The second-order valence-electron chi connectivity index (χ2n) is 5.72. The van der Waals surface area contributed by atoms with Crippen LogP contribution in [-0.4, -0.2) is 27.1 Å². The highest BCUT2D eigenvalue weighted by atomic mass is 35.5. The first-order valence-corrected chi connectivity index (χ1v) is 8.22. The normalized spacial score (nSPS) is 12.0. The Kier molecular flexibility index (Phi) is 5.09. The quantitative estimate of drug-likeness (QED) is 0.757. The predicted octanol–water partition coefficient (Wildman–Crippen LogP) is 3.45. The minimum absolute atomic E-state index is 0.148. The Hall–Kier alpha value is -2.73. The molecule has 1 amide bonds. The molecular weight excluding hydrogens is 340 g/mol. The predicted molar refractivity (Wildman–Crippen MR) is 94.4 cm³/mol. The molecule has 0 aliphatic carbocycles. The summed E-state index contributed by atoms with van der Waals surface area (Å²) in [7, 11) is 0. The van der Waals surface area contributed by atoms with E-state index >= 15 is 0 Å². The molecule has 2 aromatic heterocycles. The number of amides is 1. The molecule has 0 saturated heterocycles. The van der Waals surface area contributed by atoms with E-state index in [1.807, 2.05) is 25.1 Å². The van der Waals surface area contributed by atoms with Crippen molar-refractivity contribution in [1.29, 1.82) is 0 Å². The van der Waals surface area contributed by atoms with Crippen LogP contribution in [0.2, 0.25) is 5.02 Å². The third kappa shape index (κ3) is 4.42. The van der Waals surface area contributed by atoms with Crippen molar-refractivity contribution in [1.82, 2.24) is 20.4 Å². The molecular formula is C18H17ClN4O2. The number of aryl methyl sites for hydroxylation is 1. The summed E-state index contributed by atoms with van der Waals surface area (Å²) in [6, 6.07) is 12.5. The summed E-state index contributed by atoms with van der Waals surface area (Å²) >= 11 is 5.90. The molecule has 2 heterocycles. The van der Waals surface area contributed by atoms with E-state index in [9.17, 15) is 4.79 Å². The van der Waals surface area contributed by atoms with E-state index < -0.39 is 0 Å². The maximum Gasteiger partial charge on any atom is 0.270 e. The molecule has 128 valence electrons. The molecule has 1 atom stereocenters. The molecule has 1 unspecified atom stereocenters. The van der Waals surface area contributed by atoms with Gasteiger partial charge >= 0.3 is 0 Å². The van der Waals surface area contributed by atoms with Crippen molar-refractivity contribution in [2.45, 2.75) is 26.3 Å². The lowest BCUT2D eigenvalue weighted by Gasteiger charge is -2.12. The van der Waals surface area contributed by atoms with Crippen LogP contribution in [-0.2, 0) is 6.42 Å². The molecule has 7 heteroatoms. The van der Waals surface area contributed by atoms with E-state index in [2.05, 4.69) is 20.4 Å². The second kappa shape index (κ2) is 7.44. The largest absolute Gasteiger partial charge is 0.348 e. The van der Waals surface area contributed by atoms with Crippen molar-refractivity contribution in [3.8, 4) is 11.3 Å². The van der Waals surface area contributed by atoms with Crippen molar-refractivity contribution in [3.05, 3.63) is 64.9 Å². The molecule has 0 radical (unpaired) electrons. The topological polar surface area (TPSA) is 80.9 Å². The summed E-state index contributed by atoms with van der Waals surface area (Å²) in [6.07, 6.45) is 0.486. The zero-order chi connectivity index (χ0) is 17.8. The van der Waals surface area contributed by atoms with Crippen LogP contribution in [0.25, 0.3) is 11.3 Å². The highest BCUT2D eigenvalue weighted by molar-refractivity contribution is 6.30. The molecule has 0 saturated carbocycles. The summed E-state index contributed by atoms with van der Waals surface area (Å²) in [6.45, 7) is 3.61. The van der Waals surface area contributed by atoms with E-state index in [1.165, 1.54) is 0 Å². The number of rotatable bonds is 5. The third-order valence-corrected chi connectivity index (χ3v) is 3.81. The molecule has 0 spiro atoms. The van der Waals surface area contributed by atoms with Gasteiger partial charge in [0.05, 0.1) is 5.69 Å². The first kappa shape index (κ1) is 17.1. The maximum absolute atomic E-state index is 12.4. The standard InChI is InChI=1S/C18H17ClN4O2/c1-11(10-17-21-12(2)25-23-17)20-18(24)16-5-3-4-15(22-16)13-6-8-14(19)9-7-13/h3-9,11H,10H2,1-2H3,(H,20,24). The van der Waals surface area contributed by atoms with Gasteiger partial charge in [-0.15, -0.1) is 0 Å². The Morgan fingerprint density at radius 1 is 1.20 bits per heavy atom. The van der Waals surface area contributed by atoms with E-state index in [0.717, 1.165) is 5.56 Å². The number of pyridine rings is 1. The van der Waals surface area contributed by atoms with Gasteiger partial charge in [-0.1, -0.05) is 35.0 Å². The first-order chi connectivity index (χ1) is 12.0. The third-order valence-electron chi connectivity index (χ3n) is 3.56. The van der Waals surface area contributed by atoms with Gasteiger partial charge in [0.25, 0.3) is 5.91 Å². The fourth-order valence-electron chi connectivity index (χ4n) is 2.39. The van der Waals surface area contributed by atoms with Crippen molar-refractivity contribution in [3.63, 3.8) is 0 Å². The van der Waals surface area contributed by atoms with Gasteiger partial charge < -0.3 is 9.84 Å². The van der Waals surface area contributed by atoms with Crippen LogP contribution < -0.4 is 5.32 Å². The van der Waals surface area contributed by atoms with E-state index in [-0.39, 0.29) is 11.9 Å². The Bertz CT molecular complexity index is 877. The van der Waals surface area contributed by atoms with Crippen molar-refractivity contribution in [2.75, 3.05) is 0 Å². The number of benzene rings is 1.